The van der Waals surface area contributed by atoms with E-state index in [1.807, 2.05) is 48.5 Å². The molecule has 28 heavy (non-hydrogen) atoms. The number of esters is 1. The lowest BCUT2D eigenvalue weighted by atomic mass is 10.2. The third kappa shape index (κ3) is 5.71. The van der Waals surface area contributed by atoms with Crippen molar-refractivity contribution in [3.05, 3.63) is 64.8 Å². The average Bonchev–Trinajstić information content (AvgIpc) is 2.86. The number of carbonyl (C=O) groups excluding carboxylic acids is 2. The Morgan fingerprint density at radius 2 is 1.93 bits per heavy atom. The Balaban J connectivity index is 1.71. The summed E-state index contributed by atoms with van der Waals surface area (Å²) in [6, 6.07) is 14.9. The molecule has 0 unspecified atom stereocenters. The van der Waals surface area contributed by atoms with E-state index >= 15 is 0 Å². The van der Waals surface area contributed by atoms with E-state index in [9.17, 15) is 9.59 Å². The molecule has 0 radical (unpaired) electrons. The number of anilines is 2. The van der Waals surface area contributed by atoms with Crippen LogP contribution in [0.25, 0.3) is 0 Å². The predicted octanol–water partition coefficient (Wildman–Crippen LogP) is 4.72. The Morgan fingerprint density at radius 3 is 2.68 bits per heavy atom. The molecule has 0 saturated carbocycles. The standard InChI is InChI=1S/C20H18BrN3O3S/c1-27-20(26)11-15-10-19(24-17-5-3-2-4-16(17)22-15)28-12-18(25)23-14-8-6-13(21)7-9-14/h2-10,22H,11-12H2,1H3,(H,23,25). The van der Waals surface area contributed by atoms with Crippen molar-refractivity contribution in [2.75, 3.05) is 23.5 Å². The lowest BCUT2D eigenvalue weighted by Gasteiger charge is -2.09. The number of hydrogen-bond donors (Lipinski definition) is 2. The second kappa shape index (κ2) is 9.57. The Bertz CT molecular complexity index is 942. The summed E-state index contributed by atoms with van der Waals surface area (Å²) >= 11 is 4.67. The van der Waals surface area contributed by atoms with Gasteiger partial charge in [-0.2, -0.15) is 0 Å². The van der Waals surface area contributed by atoms with Gasteiger partial charge in [0.2, 0.25) is 5.91 Å². The Hall–Kier alpha value is -2.58. The third-order valence-corrected chi connectivity index (χ3v) is 5.21. The molecular formula is C20H18BrN3O3S. The molecule has 0 fully saturated rings. The van der Waals surface area contributed by atoms with Crippen LogP contribution in [0.5, 0.6) is 0 Å². The van der Waals surface area contributed by atoms with E-state index in [-0.39, 0.29) is 24.1 Å². The third-order valence-electron chi connectivity index (χ3n) is 3.77. The minimum Gasteiger partial charge on any atom is -0.469 e. The summed E-state index contributed by atoms with van der Waals surface area (Å²) in [7, 11) is 1.35. The molecule has 3 rings (SSSR count). The second-order valence-electron chi connectivity index (χ2n) is 5.86. The first kappa shape index (κ1) is 20.2. The number of aliphatic imine (C=N–C) groups is 1. The Labute approximate surface area is 175 Å². The van der Waals surface area contributed by atoms with Crippen LogP contribution in [-0.2, 0) is 14.3 Å². The van der Waals surface area contributed by atoms with Gasteiger partial charge in [-0.15, -0.1) is 0 Å². The number of hydrogen-bond acceptors (Lipinski definition) is 6. The van der Waals surface area contributed by atoms with E-state index < -0.39 is 0 Å². The van der Waals surface area contributed by atoms with Crippen molar-refractivity contribution in [2.45, 2.75) is 6.42 Å². The zero-order chi connectivity index (χ0) is 19.9. The van der Waals surface area contributed by atoms with Crippen molar-refractivity contribution in [1.29, 1.82) is 0 Å². The number of rotatable bonds is 5. The SMILES string of the molecule is COC(=O)CC1=CC(SCC(=O)Nc2ccc(Br)cc2)=Nc2ccccc2N1. The van der Waals surface area contributed by atoms with Crippen molar-refractivity contribution in [3.63, 3.8) is 0 Å². The van der Waals surface area contributed by atoms with Crippen molar-refractivity contribution in [3.8, 4) is 0 Å². The molecule has 0 bridgehead atoms. The molecule has 6 nitrogen and oxygen atoms in total. The summed E-state index contributed by atoms with van der Waals surface area (Å²) in [6.45, 7) is 0. The number of fused-ring (bicyclic) bond motifs is 1. The van der Waals surface area contributed by atoms with Gasteiger partial charge in [0, 0.05) is 15.9 Å². The van der Waals surface area contributed by atoms with Crippen LogP contribution in [0.15, 0.2) is 69.8 Å². The number of benzene rings is 2. The van der Waals surface area contributed by atoms with Crippen LogP contribution in [0.3, 0.4) is 0 Å². The van der Waals surface area contributed by atoms with Gasteiger partial charge in [0.15, 0.2) is 0 Å². The number of halogens is 1. The smallest absolute Gasteiger partial charge is 0.311 e. The van der Waals surface area contributed by atoms with E-state index in [2.05, 4.69) is 31.6 Å². The van der Waals surface area contributed by atoms with E-state index in [0.29, 0.717) is 10.7 Å². The Morgan fingerprint density at radius 1 is 1.18 bits per heavy atom. The van der Waals surface area contributed by atoms with E-state index in [0.717, 1.165) is 21.5 Å². The zero-order valence-corrected chi connectivity index (χ0v) is 17.5. The normalized spacial score (nSPS) is 12.6. The molecule has 2 aromatic rings. The number of carbonyl (C=O) groups is 2. The zero-order valence-electron chi connectivity index (χ0n) is 15.1. The average molecular weight is 460 g/mol. The molecule has 0 spiro atoms. The van der Waals surface area contributed by atoms with Crippen molar-refractivity contribution >= 4 is 61.7 Å². The first-order valence-electron chi connectivity index (χ1n) is 8.44. The fourth-order valence-corrected chi connectivity index (χ4v) is 3.46. The van der Waals surface area contributed by atoms with Crippen LogP contribution in [0, 0.1) is 0 Å². The molecule has 0 atom stereocenters. The van der Waals surface area contributed by atoms with Gasteiger partial charge in [0.05, 0.1) is 35.7 Å². The van der Waals surface area contributed by atoms with Crippen molar-refractivity contribution in [2.24, 2.45) is 4.99 Å². The van der Waals surface area contributed by atoms with E-state index in [1.54, 1.807) is 6.08 Å². The van der Waals surface area contributed by atoms with Gasteiger partial charge in [-0.05, 0) is 42.5 Å². The van der Waals surface area contributed by atoms with Gasteiger partial charge >= 0.3 is 5.97 Å². The van der Waals surface area contributed by atoms with E-state index in [1.165, 1.54) is 18.9 Å². The molecule has 2 N–H and O–H groups in total. The largest absolute Gasteiger partial charge is 0.469 e. The monoisotopic (exact) mass is 459 g/mol. The van der Waals surface area contributed by atoms with Crippen LogP contribution < -0.4 is 10.6 Å². The van der Waals surface area contributed by atoms with Crippen LogP contribution >= 0.6 is 27.7 Å². The molecule has 1 heterocycles. The molecule has 0 aliphatic carbocycles. The fraction of sp³-hybridized carbons (Fsp3) is 0.150. The highest BCUT2D eigenvalue weighted by Gasteiger charge is 2.15. The topological polar surface area (TPSA) is 79.8 Å². The number of thioether (sulfide) groups is 1. The molecule has 1 aliphatic rings. The van der Waals surface area contributed by atoms with Crippen LogP contribution in [0.1, 0.15) is 6.42 Å². The first-order valence-corrected chi connectivity index (χ1v) is 10.2. The summed E-state index contributed by atoms with van der Waals surface area (Å²) in [5.41, 5.74) is 2.93. The van der Waals surface area contributed by atoms with Gasteiger partial charge in [-0.1, -0.05) is 39.8 Å². The second-order valence-corrected chi connectivity index (χ2v) is 7.77. The van der Waals surface area contributed by atoms with Gasteiger partial charge in [0.25, 0.3) is 0 Å². The van der Waals surface area contributed by atoms with Crippen molar-refractivity contribution in [1.82, 2.24) is 0 Å². The summed E-state index contributed by atoms with van der Waals surface area (Å²) in [5.74, 6) is -0.294. The quantitative estimate of drug-likeness (QED) is 0.632. The highest BCUT2D eigenvalue weighted by molar-refractivity contribution is 9.10. The molecule has 144 valence electrons. The molecule has 2 aromatic carbocycles. The van der Waals surface area contributed by atoms with Crippen LogP contribution in [0.2, 0.25) is 0 Å². The maximum Gasteiger partial charge on any atom is 0.311 e. The minimum atomic E-state index is -0.351. The number of methoxy groups -OCH3 is 1. The van der Waals surface area contributed by atoms with Crippen molar-refractivity contribution < 1.29 is 14.3 Å². The number of nitrogens with zero attached hydrogens (tertiary/aromatic N) is 1. The highest BCUT2D eigenvalue weighted by atomic mass is 79.9. The molecular weight excluding hydrogens is 442 g/mol. The molecule has 0 saturated heterocycles. The molecule has 1 aliphatic heterocycles. The lowest BCUT2D eigenvalue weighted by molar-refractivity contribution is -0.139. The Kier molecular flexibility index (Phi) is 6.89. The predicted molar refractivity (Wildman–Crippen MR) is 117 cm³/mol. The van der Waals surface area contributed by atoms with Gasteiger partial charge in [-0.25, -0.2) is 4.99 Å². The number of nitrogens with one attached hydrogen (secondary N) is 2. The summed E-state index contributed by atoms with van der Waals surface area (Å²) in [4.78, 5) is 28.6. The highest BCUT2D eigenvalue weighted by Crippen LogP contribution is 2.31. The summed E-state index contributed by atoms with van der Waals surface area (Å²) < 4.78 is 5.70. The fourth-order valence-electron chi connectivity index (χ4n) is 2.45. The molecule has 8 heteroatoms. The number of ether oxygens (including phenoxy) is 1. The van der Waals surface area contributed by atoms with Gasteiger partial charge < -0.3 is 15.4 Å². The lowest BCUT2D eigenvalue weighted by Crippen LogP contribution is -2.15. The molecule has 1 amide bonds. The summed E-state index contributed by atoms with van der Waals surface area (Å²) in [6.07, 6.45) is 1.87. The first-order chi connectivity index (χ1) is 13.5. The number of amides is 1. The maximum atomic E-state index is 12.3. The van der Waals surface area contributed by atoms with Gasteiger partial charge in [-0.3, -0.25) is 9.59 Å². The van der Waals surface area contributed by atoms with Gasteiger partial charge in [0.1, 0.15) is 0 Å². The van der Waals surface area contributed by atoms with Crippen LogP contribution in [-0.4, -0.2) is 29.8 Å². The number of para-hydroxylation sites is 2. The minimum absolute atomic E-state index is 0.0928. The van der Waals surface area contributed by atoms with E-state index in [4.69, 9.17) is 4.74 Å². The van der Waals surface area contributed by atoms with Crippen LogP contribution in [0.4, 0.5) is 17.1 Å². The summed E-state index contributed by atoms with van der Waals surface area (Å²) in [5, 5.41) is 6.71. The molecule has 0 aromatic heterocycles. The maximum absolute atomic E-state index is 12.3.